The lowest BCUT2D eigenvalue weighted by Gasteiger charge is -2.01. The average Bonchev–Trinajstić information content (AvgIpc) is 2.49. The van der Waals surface area contributed by atoms with Crippen LogP contribution in [0.15, 0.2) is 47.6 Å². The summed E-state index contributed by atoms with van der Waals surface area (Å²) in [6.07, 6.45) is 1.12. The molecule has 0 aliphatic carbocycles. The molecular weight excluding hydrogens is 288 g/mol. The number of hydrogen-bond donors (Lipinski definition) is 3. The van der Waals surface area contributed by atoms with Gasteiger partial charge in [-0.25, -0.2) is 5.43 Å². The lowest BCUT2D eigenvalue weighted by molar-refractivity contribution is -0.384. The lowest BCUT2D eigenvalue weighted by Crippen LogP contribution is -2.17. The zero-order valence-corrected chi connectivity index (χ0v) is 11.3. The number of non-ortho nitro benzene ring substituents is 1. The van der Waals surface area contributed by atoms with Crippen molar-refractivity contribution in [3.8, 4) is 5.75 Å². The van der Waals surface area contributed by atoms with Crippen molar-refractivity contribution in [2.45, 2.75) is 0 Å². The van der Waals surface area contributed by atoms with Crippen molar-refractivity contribution >= 4 is 23.5 Å². The van der Waals surface area contributed by atoms with Crippen molar-refractivity contribution in [3.05, 3.63) is 63.7 Å². The summed E-state index contributed by atoms with van der Waals surface area (Å²) in [5.41, 5.74) is 8.58. The SMILES string of the molecule is Nc1ccc(C(=O)N/N=C/c2cc([N+](=O)[O-])ccc2O)cc1. The topological polar surface area (TPSA) is 131 Å². The van der Waals surface area contributed by atoms with E-state index in [-0.39, 0.29) is 17.0 Å². The molecule has 0 aromatic heterocycles. The predicted molar refractivity (Wildman–Crippen MR) is 80.7 cm³/mol. The second kappa shape index (κ2) is 6.35. The molecule has 0 bridgehead atoms. The molecule has 0 aliphatic rings. The lowest BCUT2D eigenvalue weighted by atomic mass is 10.2. The second-order valence-electron chi connectivity index (χ2n) is 4.32. The number of rotatable bonds is 4. The highest BCUT2D eigenvalue weighted by Crippen LogP contribution is 2.21. The summed E-state index contributed by atoms with van der Waals surface area (Å²) in [5.74, 6) is -0.655. The van der Waals surface area contributed by atoms with E-state index in [9.17, 15) is 20.0 Å². The molecule has 2 aromatic carbocycles. The zero-order chi connectivity index (χ0) is 16.1. The maximum absolute atomic E-state index is 11.8. The van der Waals surface area contributed by atoms with E-state index in [2.05, 4.69) is 10.5 Å². The van der Waals surface area contributed by atoms with Crippen LogP contribution in [0.3, 0.4) is 0 Å². The van der Waals surface area contributed by atoms with Gasteiger partial charge in [0.2, 0.25) is 0 Å². The first-order valence-corrected chi connectivity index (χ1v) is 6.14. The summed E-state index contributed by atoms with van der Waals surface area (Å²) < 4.78 is 0. The van der Waals surface area contributed by atoms with Crippen LogP contribution in [0.5, 0.6) is 5.75 Å². The first-order valence-electron chi connectivity index (χ1n) is 6.14. The summed E-state index contributed by atoms with van der Waals surface area (Å²) in [6, 6.07) is 9.71. The molecule has 112 valence electrons. The molecule has 22 heavy (non-hydrogen) atoms. The Labute approximate surface area is 125 Å². The van der Waals surface area contributed by atoms with Crippen LogP contribution in [0.1, 0.15) is 15.9 Å². The van der Waals surface area contributed by atoms with Crippen molar-refractivity contribution in [3.63, 3.8) is 0 Å². The second-order valence-corrected chi connectivity index (χ2v) is 4.32. The molecule has 0 atom stereocenters. The third kappa shape index (κ3) is 3.57. The van der Waals surface area contributed by atoms with Crippen LogP contribution in [0.4, 0.5) is 11.4 Å². The molecule has 4 N–H and O–H groups in total. The monoisotopic (exact) mass is 300 g/mol. The molecular formula is C14H12N4O4. The third-order valence-electron chi connectivity index (χ3n) is 2.76. The highest BCUT2D eigenvalue weighted by Gasteiger charge is 2.09. The van der Waals surface area contributed by atoms with E-state index in [0.29, 0.717) is 11.3 Å². The Bertz CT molecular complexity index is 741. The zero-order valence-electron chi connectivity index (χ0n) is 11.3. The molecule has 0 fully saturated rings. The number of nitrogens with two attached hydrogens (primary N) is 1. The van der Waals surface area contributed by atoms with Crippen LogP contribution in [-0.4, -0.2) is 22.2 Å². The van der Waals surface area contributed by atoms with Crippen molar-refractivity contribution in [2.75, 3.05) is 5.73 Å². The van der Waals surface area contributed by atoms with Gasteiger partial charge in [0.1, 0.15) is 5.75 Å². The highest BCUT2D eigenvalue weighted by atomic mass is 16.6. The number of benzene rings is 2. The van der Waals surface area contributed by atoms with Gasteiger partial charge in [0.05, 0.1) is 11.1 Å². The fourth-order valence-corrected chi connectivity index (χ4v) is 1.62. The van der Waals surface area contributed by atoms with E-state index in [1.54, 1.807) is 12.1 Å². The number of anilines is 1. The van der Waals surface area contributed by atoms with Crippen molar-refractivity contribution < 1.29 is 14.8 Å². The molecule has 2 aromatic rings. The van der Waals surface area contributed by atoms with Crippen LogP contribution in [0.2, 0.25) is 0 Å². The Morgan fingerprint density at radius 2 is 1.95 bits per heavy atom. The fraction of sp³-hybridized carbons (Fsp3) is 0. The van der Waals surface area contributed by atoms with Crippen LogP contribution in [-0.2, 0) is 0 Å². The van der Waals surface area contributed by atoms with Gasteiger partial charge in [-0.1, -0.05) is 0 Å². The number of nitrogens with one attached hydrogen (secondary N) is 1. The summed E-state index contributed by atoms with van der Waals surface area (Å²) in [5, 5.41) is 23.9. The number of phenolic OH excluding ortho intramolecular Hbond substituents is 1. The average molecular weight is 300 g/mol. The number of nitro groups is 1. The van der Waals surface area contributed by atoms with E-state index in [4.69, 9.17) is 5.73 Å². The number of phenols is 1. The molecule has 0 saturated carbocycles. The smallest absolute Gasteiger partial charge is 0.271 e. The minimum atomic E-state index is -0.594. The Morgan fingerprint density at radius 1 is 1.27 bits per heavy atom. The first-order chi connectivity index (χ1) is 10.5. The normalized spacial score (nSPS) is 10.5. The van der Waals surface area contributed by atoms with Gasteiger partial charge in [-0.05, 0) is 30.3 Å². The van der Waals surface area contributed by atoms with Crippen LogP contribution in [0.25, 0.3) is 0 Å². The number of carbonyl (C=O) groups is 1. The number of nitrogen functional groups attached to an aromatic ring is 1. The van der Waals surface area contributed by atoms with Crippen LogP contribution < -0.4 is 11.2 Å². The molecule has 8 nitrogen and oxygen atoms in total. The summed E-state index contributed by atoms with van der Waals surface area (Å²) in [6.45, 7) is 0. The molecule has 0 unspecified atom stereocenters. The van der Waals surface area contributed by atoms with E-state index in [0.717, 1.165) is 12.3 Å². The summed E-state index contributed by atoms with van der Waals surface area (Å²) in [4.78, 5) is 21.8. The summed E-state index contributed by atoms with van der Waals surface area (Å²) in [7, 11) is 0. The third-order valence-corrected chi connectivity index (χ3v) is 2.76. The van der Waals surface area contributed by atoms with Crippen LogP contribution >= 0.6 is 0 Å². The van der Waals surface area contributed by atoms with Gasteiger partial charge in [0.25, 0.3) is 11.6 Å². The highest BCUT2D eigenvalue weighted by molar-refractivity contribution is 5.95. The Kier molecular flexibility index (Phi) is 4.33. The minimum Gasteiger partial charge on any atom is -0.507 e. The molecule has 0 saturated heterocycles. The van der Waals surface area contributed by atoms with Gasteiger partial charge in [0, 0.05) is 28.9 Å². The molecule has 0 radical (unpaired) electrons. The number of aromatic hydroxyl groups is 1. The number of nitrogens with zero attached hydrogens (tertiary/aromatic N) is 2. The van der Waals surface area contributed by atoms with Gasteiger partial charge in [0.15, 0.2) is 0 Å². The number of nitro benzene ring substituents is 1. The maximum atomic E-state index is 11.8. The maximum Gasteiger partial charge on any atom is 0.271 e. The molecule has 2 rings (SSSR count). The largest absolute Gasteiger partial charge is 0.507 e. The fourth-order valence-electron chi connectivity index (χ4n) is 1.62. The molecule has 0 aliphatic heterocycles. The molecule has 8 heteroatoms. The van der Waals surface area contributed by atoms with Gasteiger partial charge in [-0.15, -0.1) is 0 Å². The molecule has 1 amide bonds. The summed E-state index contributed by atoms with van der Waals surface area (Å²) >= 11 is 0. The minimum absolute atomic E-state index is 0.117. The molecule has 0 heterocycles. The van der Waals surface area contributed by atoms with Gasteiger partial charge >= 0.3 is 0 Å². The van der Waals surface area contributed by atoms with Crippen molar-refractivity contribution in [1.29, 1.82) is 0 Å². The standard InChI is InChI=1S/C14H12N4O4/c15-11-3-1-9(2-4-11)14(20)17-16-8-10-7-12(18(21)22)5-6-13(10)19/h1-8,19H,15H2,(H,17,20)/b16-8+. The first kappa shape index (κ1) is 15.0. The van der Waals surface area contributed by atoms with E-state index < -0.39 is 10.8 Å². The van der Waals surface area contributed by atoms with Gasteiger partial charge in [-0.3, -0.25) is 14.9 Å². The number of hydrogen-bond acceptors (Lipinski definition) is 6. The van der Waals surface area contributed by atoms with E-state index in [1.165, 1.54) is 24.3 Å². The molecule has 0 spiro atoms. The van der Waals surface area contributed by atoms with E-state index >= 15 is 0 Å². The van der Waals surface area contributed by atoms with E-state index in [1.807, 2.05) is 0 Å². The predicted octanol–water partition coefficient (Wildman–Crippen LogP) is 1.65. The number of carbonyl (C=O) groups excluding carboxylic acids is 1. The van der Waals surface area contributed by atoms with Gasteiger partial charge < -0.3 is 10.8 Å². The van der Waals surface area contributed by atoms with Crippen molar-refractivity contribution in [2.24, 2.45) is 5.10 Å². The Hall–Kier alpha value is -3.42. The van der Waals surface area contributed by atoms with Crippen LogP contribution in [0, 0.1) is 10.1 Å². The quantitative estimate of drug-likeness (QED) is 0.342. The Balaban J connectivity index is 2.09. The van der Waals surface area contributed by atoms with Crippen molar-refractivity contribution in [1.82, 2.24) is 5.43 Å². The Morgan fingerprint density at radius 3 is 2.59 bits per heavy atom. The van der Waals surface area contributed by atoms with Gasteiger partial charge in [-0.2, -0.15) is 5.10 Å². The number of amides is 1. The number of hydrazone groups is 1.